The average molecular weight is 413 g/mol. The smallest absolute Gasteiger partial charge is 0.362 e. The molecule has 1 amide bonds. The summed E-state index contributed by atoms with van der Waals surface area (Å²) in [6.07, 6.45) is -0.989. The quantitative estimate of drug-likeness (QED) is 0.756. The van der Waals surface area contributed by atoms with Crippen LogP contribution in [0.5, 0.6) is 0 Å². The van der Waals surface area contributed by atoms with E-state index in [1.807, 2.05) is 0 Å². The summed E-state index contributed by atoms with van der Waals surface area (Å²) in [7, 11) is 0. The summed E-state index contributed by atoms with van der Waals surface area (Å²) in [5, 5.41) is 9.75. The van der Waals surface area contributed by atoms with Crippen molar-refractivity contribution in [2.75, 3.05) is 5.32 Å². The van der Waals surface area contributed by atoms with E-state index in [1.165, 1.54) is 0 Å². The molecule has 1 aromatic heterocycles. The largest absolute Gasteiger partial charge is 0.410 e. The number of hydrogen-bond acceptors (Lipinski definition) is 3. The van der Waals surface area contributed by atoms with E-state index in [9.17, 15) is 18.0 Å². The van der Waals surface area contributed by atoms with Crippen LogP contribution in [-0.2, 0) is 0 Å². The summed E-state index contributed by atoms with van der Waals surface area (Å²) >= 11 is 6.32. The highest BCUT2D eigenvalue weighted by atomic mass is 35.5. The molecule has 0 saturated heterocycles. The zero-order valence-electron chi connectivity index (χ0n) is 15.0. The molecule has 1 aromatic carbocycles. The molecule has 0 unspecified atom stereocenters. The molecule has 2 aliphatic rings. The summed E-state index contributed by atoms with van der Waals surface area (Å²) in [6, 6.07) is 6.44. The van der Waals surface area contributed by atoms with Crippen LogP contribution in [0.4, 0.5) is 19.0 Å². The number of nitrogens with one attached hydrogen (secondary N) is 2. The van der Waals surface area contributed by atoms with Gasteiger partial charge in [0.2, 0.25) is 0 Å². The molecule has 0 radical (unpaired) electrons. The second-order valence-corrected chi connectivity index (χ2v) is 7.69. The molecular weight excluding hydrogens is 393 g/mol. The van der Waals surface area contributed by atoms with Crippen LogP contribution in [0.25, 0.3) is 0 Å². The lowest BCUT2D eigenvalue weighted by atomic mass is 9.97. The van der Waals surface area contributed by atoms with Gasteiger partial charge in [0.15, 0.2) is 11.7 Å². The maximum absolute atomic E-state index is 13.7. The maximum atomic E-state index is 13.7. The number of anilines is 1. The van der Waals surface area contributed by atoms with Crippen molar-refractivity contribution < 1.29 is 18.0 Å². The molecular formula is C19H20ClF3N4O. The minimum atomic E-state index is -4.52. The zero-order valence-corrected chi connectivity index (χ0v) is 15.7. The number of carbonyl (C=O) groups is 1. The fourth-order valence-electron chi connectivity index (χ4n) is 3.96. The van der Waals surface area contributed by atoms with Crippen molar-refractivity contribution in [1.82, 2.24) is 15.1 Å². The lowest BCUT2D eigenvalue weighted by Crippen LogP contribution is -2.36. The first-order valence-electron chi connectivity index (χ1n) is 9.31. The minimum absolute atomic E-state index is 0.0192. The first-order valence-corrected chi connectivity index (χ1v) is 9.69. The van der Waals surface area contributed by atoms with Gasteiger partial charge in [-0.05, 0) is 18.4 Å². The van der Waals surface area contributed by atoms with Crippen molar-refractivity contribution in [2.45, 2.75) is 56.4 Å². The Hall–Kier alpha value is -2.22. The van der Waals surface area contributed by atoms with Gasteiger partial charge in [-0.2, -0.15) is 18.3 Å². The third kappa shape index (κ3) is 3.57. The molecule has 2 heterocycles. The molecule has 1 aliphatic carbocycles. The third-order valence-corrected chi connectivity index (χ3v) is 5.76. The SMILES string of the molecule is O=C(NC1CCCC1)c1nn2c(c1Cl)N[C@@H](c1ccccc1)C[C@@H]2C(F)(F)F. The van der Waals surface area contributed by atoms with Gasteiger partial charge in [-0.25, -0.2) is 4.68 Å². The van der Waals surface area contributed by atoms with Crippen LogP contribution in [0.2, 0.25) is 5.02 Å². The summed E-state index contributed by atoms with van der Waals surface area (Å²) in [5.41, 5.74) is 0.552. The molecule has 5 nitrogen and oxygen atoms in total. The Balaban J connectivity index is 1.68. The molecule has 1 aliphatic heterocycles. The van der Waals surface area contributed by atoms with Gasteiger partial charge in [-0.1, -0.05) is 54.8 Å². The van der Waals surface area contributed by atoms with Crippen molar-refractivity contribution >= 4 is 23.3 Å². The number of fused-ring (bicyclic) bond motifs is 1. The van der Waals surface area contributed by atoms with Crippen molar-refractivity contribution in [3.63, 3.8) is 0 Å². The Morgan fingerprint density at radius 1 is 1.21 bits per heavy atom. The Kier molecular flexibility index (Phi) is 4.99. The molecule has 9 heteroatoms. The summed E-state index contributed by atoms with van der Waals surface area (Å²) in [6.45, 7) is 0. The highest BCUT2D eigenvalue weighted by molar-refractivity contribution is 6.36. The second-order valence-electron chi connectivity index (χ2n) is 7.31. The fraction of sp³-hybridized carbons (Fsp3) is 0.474. The monoisotopic (exact) mass is 412 g/mol. The van der Waals surface area contributed by atoms with Gasteiger partial charge in [0.1, 0.15) is 10.8 Å². The van der Waals surface area contributed by atoms with Gasteiger partial charge in [0, 0.05) is 12.5 Å². The predicted octanol–water partition coefficient (Wildman–Crippen LogP) is 4.87. The van der Waals surface area contributed by atoms with Gasteiger partial charge in [-0.15, -0.1) is 0 Å². The number of amides is 1. The molecule has 28 heavy (non-hydrogen) atoms. The van der Waals surface area contributed by atoms with E-state index >= 15 is 0 Å². The fourth-order valence-corrected chi connectivity index (χ4v) is 4.23. The molecule has 4 rings (SSSR count). The number of alkyl halides is 3. The second kappa shape index (κ2) is 7.31. The highest BCUT2D eigenvalue weighted by Crippen LogP contribution is 2.46. The number of halogens is 4. The number of aromatic nitrogens is 2. The van der Waals surface area contributed by atoms with E-state index in [1.54, 1.807) is 30.3 Å². The minimum Gasteiger partial charge on any atom is -0.362 e. The number of hydrogen-bond donors (Lipinski definition) is 2. The Labute approximate surface area is 165 Å². The summed E-state index contributed by atoms with van der Waals surface area (Å²) in [4.78, 5) is 12.6. The molecule has 0 bridgehead atoms. The standard InChI is InChI=1S/C19H20ClF3N4O/c20-15-16(18(28)24-12-8-4-5-9-12)26-27-14(19(21,22)23)10-13(25-17(15)27)11-6-2-1-3-7-11/h1-3,6-7,12-14,25H,4-5,8-10H2,(H,24,28)/t13-,14-/m1/s1. The normalized spacial score (nSPS) is 22.6. The van der Waals surface area contributed by atoms with Gasteiger partial charge in [-0.3, -0.25) is 4.79 Å². The van der Waals surface area contributed by atoms with Crippen molar-refractivity contribution in [3.8, 4) is 0 Å². The first-order chi connectivity index (χ1) is 13.3. The number of carbonyl (C=O) groups excluding carboxylic acids is 1. The Bertz CT molecular complexity index is 862. The van der Waals surface area contributed by atoms with Crippen LogP contribution in [0, 0.1) is 0 Å². The Morgan fingerprint density at radius 2 is 1.89 bits per heavy atom. The van der Waals surface area contributed by atoms with E-state index in [0.717, 1.165) is 35.9 Å². The van der Waals surface area contributed by atoms with E-state index in [2.05, 4.69) is 15.7 Å². The number of benzene rings is 1. The van der Waals surface area contributed by atoms with E-state index in [-0.39, 0.29) is 29.0 Å². The maximum Gasteiger partial charge on any atom is 0.410 e. The Morgan fingerprint density at radius 3 is 2.54 bits per heavy atom. The molecule has 2 aromatic rings. The van der Waals surface area contributed by atoms with Crippen LogP contribution in [0.3, 0.4) is 0 Å². The predicted molar refractivity (Wildman–Crippen MR) is 99.5 cm³/mol. The lowest BCUT2D eigenvalue weighted by molar-refractivity contribution is -0.173. The van der Waals surface area contributed by atoms with Gasteiger partial charge in [0.25, 0.3) is 5.91 Å². The van der Waals surface area contributed by atoms with Crippen LogP contribution in [0.15, 0.2) is 30.3 Å². The molecule has 2 atom stereocenters. The topological polar surface area (TPSA) is 59.0 Å². The number of rotatable bonds is 3. The number of nitrogens with zero attached hydrogens (tertiary/aromatic N) is 2. The molecule has 0 spiro atoms. The third-order valence-electron chi connectivity index (χ3n) is 5.40. The molecule has 2 N–H and O–H groups in total. The molecule has 1 saturated carbocycles. The summed E-state index contributed by atoms with van der Waals surface area (Å²) in [5.74, 6) is -0.501. The molecule has 1 fully saturated rings. The van der Waals surface area contributed by atoms with E-state index in [0.29, 0.717) is 0 Å². The van der Waals surface area contributed by atoms with Gasteiger partial charge < -0.3 is 10.6 Å². The van der Waals surface area contributed by atoms with Gasteiger partial charge in [0.05, 0.1) is 6.04 Å². The van der Waals surface area contributed by atoms with Crippen LogP contribution >= 0.6 is 11.6 Å². The molecule has 150 valence electrons. The highest BCUT2D eigenvalue weighted by Gasteiger charge is 2.47. The average Bonchev–Trinajstić information content (AvgIpc) is 3.29. The van der Waals surface area contributed by atoms with Crippen LogP contribution in [-0.4, -0.2) is 27.9 Å². The van der Waals surface area contributed by atoms with Crippen molar-refractivity contribution in [3.05, 3.63) is 46.6 Å². The van der Waals surface area contributed by atoms with Crippen LogP contribution < -0.4 is 10.6 Å². The summed E-state index contributed by atoms with van der Waals surface area (Å²) < 4.78 is 42.1. The lowest BCUT2D eigenvalue weighted by Gasteiger charge is -2.33. The van der Waals surface area contributed by atoms with E-state index in [4.69, 9.17) is 11.6 Å². The van der Waals surface area contributed by atoms with Crippen LogP contribution in [0.1, 0.15) is 60.2 Å². The zero-order chi connectivity index (χ0) is 19.9. The van der Waals surface area contributed by atoms with Crippen molar-refractivity contribution in [1.29, 1.82) is 0 Å². The van der Waals surface area contributed by atoms with Crippen molar-refractivity contribution in [2.24, 2.45) is 0 Å². The van der Waals surface area contributed by atoms with Gasteiger partial charge >= 0.3 is 6.18 Å². The van der Waals surface area contributed by atoms with E-state index < -0.39 is 24.2 Å². The first kappa shape index (κ1) is 19.1.